The molecule has 2 aromatic rings. The molecular formula is C21H24N4O2. The number of esters is 1. The summed E-state index contributed by atoms with van der Waals surface area (Å²) in [5, 5.41) is 9.69. The van der Waals surface area contributed by atoms with E-state index < -0.39 is 11.9 Å². The van der Waals surface area contributed by atoms with Crippen LogP contribution in [-0.2, 0) is 9.53 Å². The number of aromatic nitrogens is 2. The van der Waals surface area contributed by atoms with Gasteiger partial charge in [-0.3, -0.25) is 4.79 Å². The number of rotatable bonds is 5. The Morgan fingerprint density at radius 1 is 1.33 bits per heavy atom. The van der Waals surface area contributed by atoms with Crippen molar-refractivity contribution in [1.29, 1.82) is 5.26 Å². The molecule has 0 amide bonds. The molecule has 0 aliphatic carbocycles. The fourth-order valence-corrected chi connectivity index (χ4v) is 3.72. The van der Waals surface area contributed by atoms with E-state index in [-0.39, 0.29) is 6.61 Å². The number of carbonyl (C=O) groups excluding carboxylic acids is 1. The van der Waals surface area contributed by atoms with Crippen LogP contribution in [0, 0.1) is 23.2 Å². The van der Waals surface area contributed by atoms with Gasteiger partial charge in [-0.1, -0.05) is 38.6 Å². The Morgan fingerprint density at radius 2 is 1.96 bits per heavy atom. The largest absolute Gasteiger partial charge is 0.460 e. The van der Waals surface area contributed by atoms with E-state index in [0.29, 0.717) is 28.9 Å². The summed E-state index contributed by atoms with van der Waals surface area (Å²) in [5.41, 5.74) is 1.77. The smallest absolute Gasteiger partial charge is 0.330 e. The molecule has 0 N–H and O–H groups in total. The van der Waals surface area contributed by atoms with E-state index in [1.54, 1.807) is 0 Å². The number of nitrogens with zero attached hydrogens (tertiary/aromatic N) is 4. The maximum absolute atomic E-state index is 12.5. The molecule has 1 aromatic heterocycles. The molecule has 3 atom stereocenters. The highest BCUT2D eigenvalue weighted by Crippen LogP contribution is 2.32. The van der Waals surface area contributed by atoms with Gasteiger partial charge in [0.2, 0.25) is 0 Å². The fourth-order valence-electron chi connectivity index (χ4n) is 3.72. The first-order chi connectivity index (χ1) is 13.0. The van der Waals surface area contributed by atoms with Crippen molar-refractivity contribution in [2.24, 2.45) is 11.8 Å². The lowest BCUT2D eigenvalue weighted by Crippen LogP contribution is -2.40. The van der Waals surface area contributed by atoms with Crippen LogP contribution in [0.25, 0.3) is 11.0 Å². The Labute approximate surface area is 159 Å². The third-order valence-electron chi connectivity index (χ3n) is 4.73. The zero-order valence-corrected chi connectivity index (χ0v) is 15.8. The Kier molecular flexibility index (Phi) is 5.70. The van der Waals surface area contributed by atoms with Crippen LogP contribution < -0.4 is 4.90 Å². The van der Waals surface area contributed by atoms with Crippen LogP contribution in [0.5, 0.6) is 0 Å². The number of nitriles is 1. The summed E-state index contributed by atoms with van der Waals surface area (Å²) in [7, 11) is 0. The Hall–Kier alpha value is -2.94. The lowest BCUT2D eigenvalue weighted by atomic mass is 9.91. The first kappa shape index (κ1) is 18.8. The van der Waals surface area contributed by atoms with Gasteiger partial charge >= 0.3 is 5.97 Å². The molecule has 1 saturated heterocycles. The summed E-state index contributed by atoms with van der Waals surface area (Å²) in [5.74, 6) is -0.133. The van der Waals surface area contributed by atoms with Crippen molar-refractivity contribution in [2.45, 2.75) is 26.2 Å². The molecule has 0 bridgehead atoms. The van der Waals surface area contributed by atoms with Crippen molar-refractivity contribution < 1.29 is 9.53 Å². The van der Waals surface area contributed by atoms with E-state index in [1.807, 2.05) is 24.3 Å². The van der Waals surface area contributed by atoms with Gasteiger partial charge in [0.1, 0.15) is 12.3 Å². The summed E-state index contributed by atoms with van der Waals surface area (Å²) in [6.45, 7) is 9.66. The molecule has 0 radical (unpaired) electrons. The van der Waals surface area contributed by atoms with E-state index in [1.165, 1.54) is 6.08 Å². The second kappa shape index (κ2) is 8.17. The summed E-state index contributed by atoms with van der Waals surface area (Å²) < 4.78 is 5.13. The highest BCUT2D eigenvalue weighted by atomic mass is 16.5. The maximum Gasteiger partial charge on any atom is 0.330 e. The third kappa shape index (κ3) is 4.08. The van der Waals surface area contributed by atoms with Crippen LogP contribution in [0.15, 0.2) is 36.9 Å². The lowest BCUT2D eigenvalue weighted by molar-refractivity contribution is -0.142. The molecule has 1 aliphatic heterocycles. The van der Waals surface area contributed by atoms with Crippen LogP contribution in [0.2, 0.25) is 0 Å². The Bertz CT molecular complexity index is 879. The second-order valence-corrected chi connectivity index (χ2v) is 7.25. The fraction of sp³-hybridized carbons (Fsp3) is 0.429. The van der Waals surface area contributed by atoms with Crippen molar-refractivity contribution in [3.05, 3.63) is 42.6 Å². The summed E-state index contributed by atoms with van der Waals surface area (Å²) in [6.07, 6.45) is 2.63. The summed E-state index contributed by atoms with van der Waals surface area (Å²) in [6, 6.07) is 9.55. The summed E-state index contributed by atoms with van der Waals surface area (Å²) >= 11 is 0. The molecule has 0 spiro atoms. The number of carbonyl (C=O) groups is 1. The van der Waals surface area contributed by atoms with Gasteiger partial charge in [0, 0.05) is 13.1 Å². The molecule has 0 saturated carbocycles. The summed E-state index contributed by atoms with van der Waals surface area (Å²) in [4.78, 5) is 24.0. The second-order valence-electron chi connectivity index (χ2n) is 7.25. The number of benzene rings is 1. The molecular weight excluding hydrogens is 340 g/mol. The van der Waals surface area contributed by atoms with Gasteiger partial charge in [-0.2, -0.15) is 5.26 Å². The Morgan fingerprint density at radius 3 is 2.56 bits per heavy atom. The van der Waals surface area contributed by atoms with E-state index >= 15 is 0 Å². The van der Waals surface area contributed by atoms with E-state index in [4.69, 9.17) is 9.72 Å². The zero-order chi connectivity index (χ0) is 19.4. The van der Waals surface area contributed by atoms with Gasteiger partial charge in [0.15, 0.2) is 11.7 Å². The minimum absolute atomic E-state index is 0.0607. The SMILES string of the molecule is C=CCOC(=O)[C@@H](C#N)c1nc2ccccc2nc1N1C[C@@H](C)C[C@H](C)C1. The lowest BCUT2D eigenvalue weighted by Gasteiger charge is -2.36. The molecule has 6 nitrogen and oxygen atoms in total. The first-order valence-corrected chi connectivity index (χ1v) is 9.22. The quantitative estimate of drug-likeness (QED) is 0.597. The van der Waals surface area contributed by atoms with Crippen LogP contribution in [0.4, 0.5) is 5.82 Å². The van der Waals surface area contributed by atoms with Crippen molar-refractivity contribution in [2.75, 3.05) is 24.6 Å². The Balaban J connectivity index is 2.09. The predicted octanol–water partition coefficient (Wildman–Crippen LogP) is 3.45. The molecule has 3 rings (SSSR count). The molecule has 140 valence electrons. The number of anilines is 1. The van der Waals surface area contributed by atoms with Crippen LogP contribution in [-0.4, -0.2) is 35.6 Å². The van der Waals surface area contributed by atoms with Gasteiger partial charge in [-0.15, -0.1) is 0 Å². The average molecular weight is 364 g/mol. The third-order valence-corrected chi connectivity index (χ3v) is 4.73. The monoisotopic (exact) mass is 364 g/mol. The van der Waals surface area contributed by atoms with Gasteiger partial charge in [0.05, 0.1) is 17.1 Å². The first-order valence-electron chi connectivity index (χ1n) is 9.22. The van der Waals surface area contributed by atoms with Crippen LogP contribution >= 0.6 is 0 Å². The van der Waals surface area contributed by atoms with E-state index in [0.717, 1.165) is 25.0 Å². The van der Waals surface area contributed by atoms with Crippen LogP contribution in [0.3, 0.4) is 0 Å². The minimum atomic E-state index is -1.12. The van der Waals surface area contributed by atoms with Crippen LogP contribution in [0.1, 0.15) is 31.9 Å². The van der Waals surface area contributed by atoms with Gasteiger partial charge < -0.3 is 9.64 Å². The molecule has 1 fully saturated rings. The van der Waals surface area contributed by atoms with Gasteiger partial charge in [-0.25, -0.2) is 9.97 Å². The molecule has 27 heavy (non-hydrogen) atoms. The van der Waals surface area contributed by atoms with E-state index in [9.17, 15) is 10.1 Å². The highest BCUT2D eigenvalue weighted by molar-refractivity contribution is 5.85. The molecule has 0 unspecified atom stereocenters. The standard InChI is InChI=1S/C21H24N4O2/c1-4-9-27-21(26)16(11-22)19-20(25-12-14(2)10-15(3)13-25)24-18-8-6-5-7-17(18)23-19/h4-8,14-16H,1,9-10,12-13H2,2-3H3/t14-,15-,16-/m0/s1. The number of para-hydroxylation sites is 2. The molecule has 1 aliphatic rings. The average Bonchev–Trinajstić information content (AvgIpc) is 2.65. The topological polar surface area (TPSA) is 79.1 Å². The van der Waals surface area contributed by atoms with Gasteiger partial charge in [-0.05, 0) is 30.4 Å². The minimum Gasteiger partial charge on any atom is -0.460 e. The number of hydrogen-bond donors (Lipinski definition) is 0. The van der Waals surface area contributed by atoms with Crippen molar-refractivity contribution >= 4 is 22.8 Å². The number of ether oxygens (including phenoxy) is 1. The number of hydrogen-bond acceptors (Lipinski definition) is 6. The molecule has 2 heterocycles. The highest BCUT2D eigenvalue weighted by Gasteiger charge is 2.32. The molecule has 6 heteroatoms. The number of fused-ring (bicyclic) bond motifs is 1. The zero-order valence-electron chi connectivity index (χ0n) is 15.8. The van der Waals surface area contributed by atoms with Crippen molar-refractivity contribution in [3.8, 4) is 6.07 Å². The number of piperidine rings is 1. The predicted molar refractivity (Wildman–Crippen MR) is 104 cm³/mol. The van der Waals surface area contributed by atoms with E-state index in [2.05, 4.69) is 36.4 Å². The normalized spacial score (nSPS) is 20.7. The maximum atomic E-state index is 12.5. The van der Waals surface area contributed by atoms with Gasteiger partial charge in [0.25, 0.3) is 0 Å². The molecule has 1 aromatic carbocycles. The van der Waals surface area contributed by atoms with Crippen molar-refractivity contribution in [1.82, 2.24) is 9.97 Å². The van der Waals surface area contributed by atoms with Crippen molar-refractivity contribution in [3.63, 3.8) is 0 Å².